The van der Waals surface area contributed by atoms with E-state index in [2.05, 4.69) is 30.8 Å². The van der Waals surface area contributed by atoms with Crippen molar-refractivity contribution >= 4 is 28.4 Å². The van der Waals surface area contributed by atoms with Gasteiger partial charge in [0.15, 0.2) is 0 Å². The third-order valence-electron chi connectivity index (χ3n) is 4.81. The summed E-state index contributed by atoms with van der Waals surface area (Å²) in [5, 5.41) is 4.19. The van der Waals surface area contributed by atoms with E-state index in [1.165, 1.54) is 0 Å². The van der Waals surface area contributed by atoms with Crippen molar-refractivity contribution in [3.05, 3.63) is 48.9 Å². The third-order valence-corrected chi connectivity index (χ3v) is 4.81. The monoisotopic (exact) mass is 335 g/mol. The van der Waals surface area contributed by atoms with Crippen molar-refractivity contribution < 1.29 is 4.79 Å². The molecule has 1 saturated heterocycles. The molecule has 1 fully saturated rings. The molecule has 1 atom stereocenters. The van der Waals surface area contributed by atoms with E-state index < -0.39 is 0 Å². The number of hydrogen-bond donors (Lipinski definition) is 1. The molecule has 1 aromatic carbocycles. The number of aromatic nitrogens is 3. The van der Waals surface area contributed by atoms with Crippen LogP contribution in [0.15, 0.2) is 48.9 Å². The first-order valence-corrected chi connectivity index (χ1v) is 8.59. The van der Waals surface area contributed by atoms with Crippen LogP contribution in [0.5, 0.6) is 0 Å². The maximum atomic E-state index is 12.8. The second kappa shape index (κ2) is 6.55. The fraction of sp³-hybridized carbons (Fsp3) is 0.316. The summed E-state index contributed by atoms with van der Waals surface area (Å²) in [6.45, 7) is 1.54. The average molecular weight is 335 g/mol. The lowest BCUT2D eigenvalue weighted by atomic mass is 9.97. The summed E-state index contributed by atoms with van der Waals surface area (Å²) in [6.07, 6.45) is 7.34. The van der Waals surface area contributed by atoms with Crippen molar-refractivity contribution in [2.75, 3.05) is 23.3 Å². The highest BCUT2D eigenvalue weighted by Gasteiger charge is 2.27. The van der Waals surface area contributed by atoms with Gasteiger partial charge in [-0.05, 0) is 37.1 Å². The molecule has 3 aromatic rings. The molecule has 6 nitrogen and oxygen atoms in total. The molecule has 0 aliphatic carbocycles. The van der Waals surface area contributed by atoms with Crippen LogP contribution in [0.3, 0.4) is 0 Å². The van der Waals surface area contributed by atoms with Crippen LogP contribution in [0.2, 0.25) is 0 Å². The first kappa shape index (κ1) is 15.6. The van der Waals surface area contributed by atoms with E-state index in [-0.39, 0.29) is 11.8 Å². The van der Waals surface area contributed by atoms with Gasteiger partial charge in [-0.2, -0.15) is 0 Å². The van der Waals surface area contributed by atoms with Crippen molar-refractivity contribution in [1.29, 1.82) is 0 Å². The predicted molar refractivity (Wildman–Crippen MR) is 98.5 cm³/mol. The number of aryl methyl sites for hydroxylation is 1. The minimum atomic E-state index is -0.0588. The Hall–Kier alpha value is -2.89. The highest BCUT2D eigenvalue weighted by Crippen LogP contribution is 2.26. The lowest BCUT2D eigenvalue weighted by Crippen LogP contribution is -2.41. The Labute approximate surface area is 146 Å². The summed E-state index contributed by atoms with van der Waals surface area (Å²) in [5.41, 5.74) is 1.98. The van der Waals surface area contributed by atoms with Crippen LogP contribution >= 0.6 is 0 Å². The van der Waals surface area contributed by atoms with Gasteiger partial charge in [-0.3, -0.25) is 4.79 Å². The molecule has 0 saturated carbocycles. The van der Waals surface area contributed by atoms with Gasteiger partial charge in [0.25, 0.3) is 0 Å². The molecule has 1 amide bonds. The largest absolute Gasteiger partial charge is 0.350 e. The van der Waals surface area contributed by atoms with Crippen LogP contribution in [0.4, 0.5) is 11.6 Å². The van der Waals surface area contributed by atoms with Crippen LogP contribution in [0.25, 0.3) is 10.9 Å². The molecule has 25 heavy (non-hydrogen) atoms. The normalized spacial score (nSPS) is 17.6. The van der Waals surface area contributed by atoms with E-state index in [1.54, 1.807) is 18.5 Å². The first-order valence-electron chi connectivity index (χ1n) is 8.59. The van der Waals surface area contributed by atoms with Gasteiger partial charge in [-0.15, -0.1) is 0 Å². The zero-order valence-electron chi connectivity index (χ0n) is 14.2. The molecule has 2 aromatic heterocycles. The fourth-order valence-corrected chi connectivity index (χ4v) is 3.47. The smallest absolute Gasteiger partial charge is 0.229 e. The van der Waals surface area contributed by atoms with Gasteiger partial charge >= 0.3 is 0 Å². The van der Waals surface area contributed by atoms with Crippen molar-refractivity contribution in [1.82, 2.24) is 14.5 Å². The minimum Gasteiger partial charge on any atom is -0.350 e. The Morgan fingerprint density at radius 3 is 2.88 bits per heavy atom. The number of fused-ring (bicyclic) bond motifs is 1. The molecule has 0 spiro atoms. The lowest BCUT2D eigenvalue weighted by molar-refractivity contribution is -0.120. The molecule has 1 aliphatic heterocycles. The molecular weight excluding hydrogens is 314 g/mol. The zero-order chi connectivity index (χ0) is 17.2. The van der Waals surface area contributed by atoms with Crippen LogP contribution in [0.1, 0.15) is 12.8 Å². The Kier molecular flexibility index (Phi) is 4.09. The van der Waals surface area contributed by atoms with Crippen molar-refractivity contribution in [3.63, 3.8) is 0 Å². The maximum absolute atomic E-state index is 12.8. The summed E-state index contributed by atoms with van der Waals surface area (Å²) < 4.78 is 2.06. The Morgan fingerprint density at radius 1 is 1.20 bits per heavy atom. The number of piperidine rings is 1. The number of carbonyl (C=O) groups excluding carboxylic acids is 1. The van der Waals surface area contributed by atoms with E-state index in [4.69, 9.17) is 0 Å². The highest BCUT2D eigenvalue weighted by atomic mass is 16.1. The fourth-order valence-electron chi connectivity index (χ4n) is 3.47. The summed E-state index contributed by atoms with van der Waals surface area (Å²) >= 11 is 0. The zero-order valence-corrected chi connectivity index (χ0v) is 14.2. The van der Waals surface area contributed by atoms with Crippen molar-refractivity contribution in [2.45, 2.75) is 12.8 Å². The second-order valence-electron chi connectivity index (χ2n) is 6.49. The highest BCUT2D eigenvalue weighted by molar-refractivity contribution is 6.02. The number of nitrogens with zero attached hydrogens (tertiary/aromatic N) is 4. The quantitative estimate of drug-likeness (QED) is 0.799. The SMILES string of the molecule is Cn1ccc2c(NC(=O)[C@H]3CCCN(c4ncccn4)C3)cccc21. The van der Waals surface area contributed by atoms with Gasteiger partial charge in [0.05, 0.1) is 11.6 Å². The van der Waals surface area contributed by atoms with Gasteiger partial charge in [0, 0.05) is 49.6 Å². The van der Waals surface area contributed by atoms with E-state index >= 15 is 0 Å². The van der Waals surface area contributed by atoms with E-state index in [0.29, 0.717) is 12.5 Å². The van der Waals surface area contributed by atoms with Crippen molar-refractivity contribution in [3.8, 4) is 0 Å². The molecule has 3 heterocycles. The number of hydrogen-bond acceptors (Lipinski definition) is 4. The second-order valence-corrected chi connectivity index (χ2v) is 6.49. The third kappa shape index (κ3) is 3.07. The number of anilines is 2. The van der Waals surface area contributed by atoms with Gasteiger partial charge in [0.1, 0.15) is 0 Å². The molecule has 1 aliphatic rings. The average Bonchev–Trinajstić information content (AvgIpc) is 3.05. The molecule has 0 unspecified atom stereocenters. The number of benzene rings is 1. The molecule has 4 rings (SSSR count). The first-order chi connectivity index (χ1) is 12.2. The van der Waals surface area contributed by atoms with E-state index in [9.17, 15) is 4.79 Å². The Bertz CT molecular complexity index is 889. The minimum absolute atomic E-state index is 0.0588. The summed E-state index contributed by atoms with van der Waals surface area (Å²) in [6, 6.07) is 9.83. The summed E-state index contributed by atoms with van der Waals surface area (Å²) in [4.78, 5) is 23.5. The number of amides is 1. The predicted octanol–water partition coefficient (Wildman–Crippen LogP) is 2.82. The topological polar surface area (TPSA) is 63.1 Å². The maximum Gasteiger partial charge on any atom is 0.229 e. The number of nitrogens with one attached hydrogen (secondary N) is 1. The molecule has 6 heteroatoms. The Balaban J connectivity index is 1.50. The van der Waals surface area contributed by atoms with Gasteiger partial charge in [-0.25, -0.2) is 9.97 Å². The van der Waals surface area contributed by atoms with Gasteiger partial charge in [-0.1, -0.05) is 6.07 Å². The standard InChI is InChI=1S/C19H21N5O/c1-23-12-8-15-16(6-2-7-17(15)23)22-18(25)14-5-3-11-24(13-14)19-20-9-4-10-21-19/h2,4,6-10,12,14H,3,5,11,13H2,1H3,(H,22,25)/t14-/m0/s1. The lowest BCUT2D eigenvalue weighted by Gasteiger charge is -2.31. The molecule has 128 valence electrons. The Morgan fingerprint density at radius 2 is 2.04 bits per heavy atom. The molecule has 0 bridgehead atoms. The van der Waals surface area contributed by atoms with Crippen LogP contribution in [0, 0.1) is 5.92 Å². The van der Waals surface area contributed by atoms with E-state index in [1.807, 2.05) is 31.4 Å². The van der Waals surface area contributed by atoms with Crippen molar-refractivity contribution in [2.24, 2.45) is 13.0 Å². The molecule has 0 radical (unpaired) electrons. The number of rotatable bonds is 3. The van der Waals surface area contributed by atoms with Crippen LogP contribution in [-0.2, 0) is 11.8 Å². The molecular formula is C19H21N5O. The van der Waals surface area contributed by atoms with Gasteiger partial charge < -0.3 is 14.8 Å². The summed E-state index contributed by atoms with van der Waals surface area (Å²) in [7, 11) is 2.01. The number of carbonyl (C=O) groups is 1. The summed E-state index contributed by atoms with van der Waals surface area (Å²) in [5.74, 6) is 0.707. The van der Waals surface area contributed by atoms with Gasteiger partial charge in [0.2, 0.25) is 11.9 Å². The molecule has 1 N–H and O–H groups in total. The van der Waals surface area contributed by atoms with Crippen LogP contribution in [-0.4, -0.2) is 33.5 Å². The van der Waals surface area contributed by atoms with E-state index in [0.717, 1.165) is 36.0 Å². The van der Waals surface area contributed by atoms with Crippen LogP contribution < -0.4 is 10.2 Å².